The fourth-order valence-corrected chi connectivity index (χ4v) is 2.27. The van der Waals surface area contributed by atoms with Crippen LogP contribution >= 0.6 is 11.8 Å². The second-order valence-corrected chi connectivity index (χ2v) is 5.17. The van der Waals surface area contributed by atoms with Crippen LogP contribution in [-0.4, -0.2) is 11.3 Å². The summed E-state index contributed by atoms with van der Waals surface area (Å²) in [4.78, 5) is 0. The number of thioether (sulfide) groups is 1. The van der Waals surface area contributed by atoms with E-state index in [-0.39, 0.29) is 30.4 Å². The summed E-state index contributed by atoms with van der Waals surface area (Å²) < 4.78 is 36.2. The third-order valence-electron chi connectivity index (χ3n) is 2.57. The number of halogens is 3. The van der Waals surface area contributed by atoms with Gasteiger partial charge >= 0.3 is 5.51 Å². The van der Waals surface area contributed by atoms with E-state index in [2.05, 4.69) is 0 Å². The molecule has 0 atom stereocenters. The number of alkyl halides is 3. The fraction of sp³-hybridized carbons (Fsp3) is 0.385. The highest BCUT2D eigenvalue weighted by atomic mass is 32.2. The zero-order valence-electron chi connectivity index (χ0n) is 9.94. The Morgan fingerprint density at radius 2 is 1.63 bits per heavy atom. The van der Waals surface area contributed by atoms with Crippen LogP contribution < -0.4 is 0 Å². The van der Waals surface area contributed by atoms with E-state index in [1.165, 1.54) is 0 Å². The average Bonchev–Trinajstić information content (AvgIpc) is 2.37. The fourth-order valence-electron chi connectivity index (χ4n) is 1.59. The van der Waals surface area contributed by atoms with Gasteiger partial charge in [-0.3, -0.25) is 0 Å². The van der Waals surface area contributed by atoms with Crippen molar-refractivity contribution in [2.75, 3.05) is 5.75 Å². The quantitative estimate of drug-likeness (QED) is 0.823. The van der Waals surface area contributed by atoms with Crippen molar-refractivity contribution >= 4 is 11.8 Å². The molecule has 6 heteroatoms. The van der Waals surface area contributed by atoms with Crippen LogP contribution in [0.5, 0.6) is 0 Å². The van der Waals surface area contributed by atoms with E-state index in [1.807, 2.05) is 12.1 Å². The first-order valence-electron chi connectivity index (χ1n) is 5.48. The Hall–Kier alpha value is -1.66. The van der Waals surface area contributed by atoms with Gasteiger partial charge in [0.05, 0.1) is 12.1 Å². The van der Waals surface area contributed by atoms with E-state index in [0.717, 1.165) is 5.56 Å². The van der Waals surface area contributed by atoms with Crippen molar-refractivity contribution < 1.29 is 13.2 Å². The van der Waals surface area contributed by atoms with Crippen LogP contribution in [0.25, 0.3) is 0 Å². The zero-order chi connectivity index (χ0) is 14.4. The second-order valence-electron chi connectivity index (χ2n) is 4.01. The second kappa shape index (κ2) is 6.49. The lowest BCUT2D eigenvalue weighted by atomic mass is 9.82. The molecule has 0 aliphatic carbocycles. The molecule has 0 bridgehead atoms. The van der Waals surface area contributed by atoms with Crippen LogP contribution in [0.1, 0.15) is 12.0 Å². The SMILES string of the molecule is N#CC(C#N)(CCSC(F)(F)F)Cc1ccccc1. The summed E-state index contributed by atoms with van der Waals surface area (Å²) in [5.41, 5.74) is -4.97. The number of hydrogen-bond acceptors (Lipinski definition) is 3. The molecular weight excluding hydrogens is 273 g/mol. The van der Waals surface area contributed by atoms with Crippen molar-refractivity contribution in [2.45, 2.75) is 18.3 Å². The van der Waals surface area contributed by atoms with E-state index >= 15 is 0 Å². The van der Waals surface area contributed by atoms with E-state index < -0.39 is 10.9 Å². The summed E-state index contributed by atoms with van der Waals surface area (Å²) in [7, 11) is 0. The molecule has 0 aliphatic rings. The molecule has 19 heavy (non-hydrogen) atoms. The average molecular weight is 284 g/mol. The van der Waals surface area contributed by atoms with Crippen molar-refractivity contribution in [1.82, 2.24) is 0 Å². The molecule has 0 radical (unpaired) electrons. The number of hydrogen-bond donors (Lipinski definition) is 0. The molecule has 2 nitrogen and oxygen atoms in total. The van der Waals surface area contributed by atoms with E-state index in [4.69, 9.17) is 10.5 Å². The van der Waals surface area contributed by atoms with Gasteiger partial charge in [0.25, 0.3) is 0 Å². The molecule has 0 fully saturated rings. The first kappa shape index (κ1) is 15.4. The van der Waals surface area contributed by atoms with Gasteiger partial charge in [-0.25, -0.2) is 0 Å². The molecule has 0 unspecified atom stereocenters. The van der Waals surface area contributed by atoms with Crippen molar-refractivity contribution in [3.8, 4) is 12.1 Å². The first-order valence-corrected chi connectivity index (χ1v) is 6.46. The maximum Gasteiger partial charge on any atom is 0.441 e. The lowest BCUT2D eigenvalue weighted by Gasteiger charge is -2.18. The molecule has 0 saturated heterocycles. The Morgan fingerprint density at radius 3 is 2.11 bits per heavy atom. The predicted molar refractivity (Wildman–Crippen MR) is 66.9 cm³/mol. The highest BCUT2D eigenvalue weighted by Crippen LogP contribution is 2.34. The van der Waals surface area contributed by atoms with Crippen molar-refractivity contribution in [3.05, 3.63) is 35.9 Å². The molecule has 0 spiro atoms. The zero-order valence-corrected chi connectivity index (χ0v) is 10.8. The minimum atomic E-state index is -4.33. The number of rotatable bonds is 5. The maximum absolute atomic E-state index is 12.1. The number of benzene rings is 1. The molecule has 0 amide bonds. The van der Waals surface area contributed by atoms with Crippen LogP contribution in [0.3, 0.4) is 0 Å². The Bertz CT molecular complexity index is 471. The highest BCUT2D eigenvalue weighted by molar-refractivity contribution is 8.00. The molecular formula is C13H11F3N2S. The van der Waals surface area contributed by atoms with Crippen molar-refractivity contribution in [2.24, 2.45) is 5.41 Å². The summed E-state index contributed by atoms with van der Waals surface area (Å²) in [6.45, 7) is 0. The van der Waals surface area contributed by atoms with Gasteiger partial charge < -0.3 is 0 Å². The minimum Gasteiger partial charge on any atom is -0.197 e. The largest absolute Gasteiger partial charge is 0.441 e. The minimum absolute atomic E-state index is 0.112. The van der Waals surface area contributed by atoms with E-state index in [9.17, 15) is 13.2 Å². The molecule has 0 aromatic heterocycles. The molecule has 0 N–H and O–H groups in total. The van der Waals surface area contributed by atoms with E-state index in [1.54, 1.807) is 30.3 Å². The van der Waals surface area contributed by atoms with Crippen molar-refractivity contribution in [1.29, 1.82) is 10.5 Å². The molecule has 0 aliphatic heterocycles. The van der Waals surface area contributed by atoms with Crippen LogP contribution in [0.15, 0.2) is 30.3 Å². The standard InChI is InChI=1S/C13H11F3N2S/c14-13(15,16)19-7-6-12(9-17,10-18)8-11-4-2-1-3-5-11/h1-5H,6-8H2. The van der Waals surface area contributed by atoms with Gasteiger partial charge in [-0.15, -0.1) is 0 Å². The van der Waals surface area contributed by atoms with Gasteiger partial charge in [0.15, 0.2) is 0 Å². The molecule has 1 aromatic rings. The van der Waals surface area contributed by atoms with Gasteiger partial charge in [0.1, 0.15) is 5.41 Å². The highest BCUT2D eigenvalue weighted by Gasteiger charge is 2.34. The third kappa shape index (κ3) is 5.23. The van der Waals surface area contributed by atoms with Gasteiger partial charge in [0, 0.05) is 12.2 Å². The molecule has 1 aromatic carbocycles. The number of nitrogens with zero attached hydrogens (tertiary/aromatic N) is 2. The molecule has 0 saturated carbocycles. The maximum atomic E-state index is 12.1. The molecule has 0 heterocycles. The normalized spacial score (nSPS) is 11.6. The third-order valence-corrected chi connectivity index (χ3v) is 3.31. The Kier molecular flexibility index (Phi) is 5.26. The Balaban J connectivity index is 2.71. The summed E-state index contributed by atoms with van der Waals surface area (Å²) in [5.74, 6) is -0.294. The number of nitriles is 2. The molecule has 100 valence electrons. The summed E-state index contributed by atoms with van der Waals surface area (Å²) in [5, 5.41) is 18.2. The van der Waals surface area contributed by atoms with Crippen LogP contribution in [0.2, 0.25) is 0 Å². The lowest BCUT2D eigenvalue weighted by molar-refractivity contribution is -0.0328. The van der Waals surface area contributed by atoms with Gasteiger partial charge in [-0.1, -0.05) is 42.1 Å². The van der Waals surface area contributed by atoms with Gasteiger partial charge in [-0.2, -0.15) is 23.7 Å². The summed E-state index contributed by atoms with van der Waals surface area (Å²) in [6, 6.07) is 12.5. The van der Waals surface area contributed by atoms with Crippen LogP contribution in [-0.2, 0) is 6.42 Å². The summed E-state index contributed by atoms with van der Waals surface area (Å²) in [6.07, 6.45) is 0.0261. The van der Waals surface area contributed by atoms with Crippen molar-refractivity contribution in [3.63, 3.8) is 0 Å². The smallest absolute Gasteiger partial charge is 0.197 e. The predicted octanol–water partition coefficient (Wildman–Crippen LogP) is 3.91. The van der Waals surface area contributed by atoms with Crippen LogP contribution in [0.4, 0.5) is 13.2 Å². The van der Waals surface area contributed by atoms with Gasteiger partial charge in [0.2, 0.25) is 0 Å². The Morgan fingerprint density at radius 1 is 1.05 bits per heavy atom. The molecule has 1 rings (SSSR count). The first-order chi connectivity index (χ1) is 8.91. The monoisotopic (exact) mass is 284 g/mol. The van der Waals surface area contributed by atoms with E-state index in [0.29, 0.717) is 0 Å². The van der Waals surface area contributed by atoms with Gasteiger partial charge in [-0.05, 0) is 12.0 Å². The lowest BCUT2D eigenvalue weighted by Crippen LogP contribution is -2.21. The topological polar surface area (TPSA) is 47.6 Å². The Labute approximate surface area is 113 Å². The summed E-state index contributed by atoms with van der Waals surface area (Å²) >= 11 is -0.200. The van der Waals surface area contributed by atoms with Crippen LogP contribution in [0, 0.1) is 28.1 Å².